The number of amides is 1. The van der Waals surface area contributed by atoms with Crippen molar-refractivity contribution >= 4 is 5.91 Å². The van der Waals surface area contributed by atoms with Gasteiger partial charge in [0.05, 0.1) is 25.2 Å². The summed E-state index contributed by atoms with van der Waals surface area (Å²) < 4.78 is 20.2. The highest BCUT2D eigenvalue weighted by atomic mass is 19.1. The highest BCUT2D eigenvalue weighted by Gasteiger charge is 2.17. The maximum absolute atomic E-state index is 13.7. The fourth-order valence-electron chi connectivity index (χ4n) is 2.42. The van der Waals surface area contributed by atoms with E-state index in [0.29, 0.717) is 26.3 Å². The first-order valence-corrected chi connectivity index (χ1v) is 7.32. The zero-order valence-corrected chi connectivity index (χ0v) is 12.4. The second-order valence-corrected chi connectivity index (χ2v) is 5.21. The van der Waals surface area contributed by atoms with E-state index >= 15 is 0 Å². The van der Waals surface area contributed by atoms with Gasteiger partial charge in [-0.3, -0.25) is 14.2 Å². The predicted molar refractivity (Wildman–Crippen MR) is 81.3 cm³/mol. The van der Waals surface area contributed by atoms with Crippen LogP contribution in [0.25, 0.3) is 11.3 Å². The van der Waals surface area contributed by atoms with Gasteiger partial charge in [0.25, 0.3) is 5.56 Å². The number of carbonyl (C=O) groups excluding carboxylic acids is 1. The van der Waals surface area contributed by atoms with Crippen LogP contribution in [0, 0.1) is 5.82 Å². The third kappa shape index (κ3) is 3.45. The molecule has 0 spiro atoms. The van der Waals surface area contributed by atoms with Crippen LogP contribution in [0.1, 0.15) is 0 Å². The first kappa shape index (κ1) is 15.4. The van der Waals surface area contributed by atoms with Crippen molar-refractivity contribution in [2.45, 2.75) is 6.54 Å². The SMILES string of the molecule is O=C(Cn1cnc(-c2ccccc2F)cc1=O)N1CCOCC1. The van der Waals surface area contributed by atoms with Gasteiger partial charge in [0, 0.05) is 24.7 Å². The van der Waals surface area contributed by atoms with Crippen LogP contribution in [0.4, 0.5) is 4.39 Å². The lowest BCUT2D eigenvalue weighted by Crippen LogP contribution is -2.43. The lowest BCUT2D eigenvalue weighted by molar-refractivity contribution is -0.135. The smallest absolute Gasteiger partial charge is 0.254 e. The summed E-state index contributed by atoms with van der Waals surface area (Å²) in [5.74, 6) is -0.600. The van der Waals surface area contributed by atoms with E-state index in [2.05, 4.69) is 4.98 Å². The molecular formula is C16H16FN3O3. The van der Waals surface area contributed by atoms with Crippen molar-refractivity contribution in [3.05, 3.63) is 52.8 Å². The van der Waals surface area contributed by atoms with Crippen molar-refractivity contribution in [1.82, 2.24) is 14.5 Å². The molecule has 0 bridgehead atoms. The molecule has 0 atom stereocenters. The summed E-state index contributed by atoms with van der Waals surface area (Å²) >= 11 is 0. The number of benzene rings is 1. The van der Waals surface area contributed by atoms with E-state index in [4.69, 9.17) is 4.74 Å². The molecular weight excluding hydrogens is 301 g/mol. The van der Waals surface area contributed by atoms with Crippen LogP contribution in [0.15, 0.2) is 41.5 Å². The summed E-state index contributed by atoms with van der Waals surface area (Å²) in [5.41, 5.74) is 0.124. The van der Waals surface area contributed by atoms with Crippen LogP contribution in [-0.4, -0.2) is 46.7 Å². The molecule has 7 heteroatoms. The minimum atomic E-state index is -0.443. The van der Waals surface area contributed by atoms with Gasteiger partial charge in [-0.15, -0.1) is 0 Å². The number of hydrogen-bond acceptors (Lipinski definition) is 4. The number of carbonyl (C=O) groups is 1. The summed E-state index contributed by atoms with van der Waals surface area (Å²) in [6, 6.07) is 7.35. The van der Waals surface area contributed by atoms with E-state index in [9.17, 15) is 14.0 Å². The zero-order valence-electron chi connectivity index (χ0n) is 12.4. The number of aromatic nitrogens is 2. The van der Waals surface area contributed by atoms with E-state index in [-0.39, 0.29) is 29.3 Å². The Labute approximate surface area is 132 Å². The molecule has 0 saturated carbocycles. The topological polar surface area (TPSA) is 64.4 Å². The molecule has 1 saturated heterocycles. The van der Waals surface area contributed by atoms with Gasteiger partial charge in [-0.25, -0.2) is 9.37 Å². The average molecular weight is 317 g/mol. The van der Waals surface area contributed by atoms with Crippen molar-refractivity contribution < 1.29 is 13.9 Å². The van der Waals surface area contributed by atoms with Crippen LogP contribution in [0.5, 0.6) is 0 Å². The molecule has 1 aliphatic rings. The molecule has 1 aromatic carbocycles. The van der Waals surface area contributed by atoms with Crippen LogP contribution in [-0.2, 0) is 16.1 Å². The van der Waals surface area contributed by atoms with Crippen molar-refractivity contribution in [3.63, 3.8) is 0 Å². The maximum Gasteiger partial charge on any atom is 0.254 e. The molecule has 1 fully saturated rings. The standard InChI is InChI=1S/C16H16FN3O3/c17-13-4-2-1-3-12(13)14-9-15(21)20(11-18-14)10-16(22)19-5-7-23-8-6-19/h1-4,9,11H,5-8,10H2. The summed E-state index contributed by atoms with van der Waals surface area (Å²) in [4.78, 5) is 30.0. The molecule has 3 rings (SSSR count). The first-order valence-electron chi connectivity index (χ1n) is 7.32. The minimum Gasteiger partial charge on any atom is -0.378 e. The van der Waals surface area contributed by atoms with Crippen LogP contribution in [0.2, 0.25) is 0 Å². The Hall–Kier alpha value is -2.54. The molecule has 1 aliphatic heterocycles. The molecule has 23 heavy (non-hydrogen) atoms. The lowest BCUT2D eigenvalue weighted by Gasteiger charge is -2.26. The monoisotopic (exact) mass is 317 g/mol. The second-order valence-electron chi connectivity index (χ2n) is 5.21. The molecule has 6 nitrogen and oxygen atoms in total. The summed E-state index contributed by atoms with van der Waals surface area (Å²) in [6.45, 7) is 1.97. The average Bonchev–Trinajstić information content (AvgIpc) is 2.58. The van der Waals surface area contributed by atoms with Crippen molar-refractivity contribution in [2.24, 2.45) is 0 Å². The fraction of sp³-hybridized carbons (Fsp3) is 0.312. The van der Waals surface area contributed by atoms with Crippen LogP contribution in [0.3, 0.4) is 0 Å². The Kier molecular flexibility index (Phi) is 4.47. The van der Waals surface area contributed by atoms with E-state index < -0.39 is 5.82 Å². The molecule has 120 valence electrons. The van der Waals surface area contributed by atoms with E-state index in [0.717, 1.165) is 0 Å². The Morgan fingerprint density at radius 3 is 2.70 bits per heavy atom. The van der Waals surface area contributed by atoms with Crippen LogP contribution >= 0.6 is 0 Å². The molecule has 0 radical (unpaired) electrons. The third-order valence-electron chi connectivity index (χ3n) is 3.70. The van der Waals surface area contributed by atoms with Crippen molar-refractivity contribution in [1.29, 1.82) is 0 Å². The number of ether oxygens (including phenoxy) is 1. The van der Waals surface area contributed by atoms with Gasteiger partial charge in [-0.2, -0.15) is 0 Å². The number of rotatable bonds is 3. The third-order valence-corrected chi connectivity index (χ3v) is 3.70. The quantitative estimate of drug-likeness (QED) is 0.844. The Balaban J connectivity index is 1.78. The highest BCUT2D eigenvalue weighted by molar-refractivity contribution is 5.76. The fourth-order valence-corrected chi connectivity index (χ4v) is 2.42. The van der Waals surface area contributed by atoms with E-state index in [1.807, 2.05) is 0 Å². The molecule has 1 amide bonds. The van der Waals surface area contributed by atoms with Gasteiger partial charge in [-0.1, -0.05) is 12.1 Å². The number of morpholine rings is 1. The zero-order chi connectivity index (χ0) is 16.2. The Bertz CT molecular complexity index is 769. The van der Waals surface area contributed by atoms with Gasteiger partial charge < -0.3 is 9.64 Å². The van der Waals surface area contributed by atoms with Gasteiger partial charge >= 0.3 is 0 Å². The molecule has 0 aliphatic carbocycles. The first-order chi connectivity index (χ1) is 11.1. The summed E-state index contributed by atoms with van der Waals surface area (Å²) in [5, 5.41) is 0. The molecule has 2 aromatic rings. The number of nitrogens with zero attached hydrogens (tertiary/aromatic N) is 3. The van der Waals surface area contributed by atoms with E-state index in [1.165, 1.54) is 23.0 Å². The number of halogens is 1. The van der Waals surface area contributed by atoms with Gasteiger partial charge in [-0.05, 0) is 12.1 Å². The Morgan fingerprint density at radius 2 is 2.00 bits per heavy atom. The second kappa shape index (κ2) is 6.70. The maximum atomic E-state index is 13.7. The molecule has 2 heterocycles. The summed E-state index contributed by atoms with van der Waals surface area (Å²) in [6.07, 6.45) is 1.28. The van der Waals surface area contributed by atoms with Gasteiger partial charge in [0.2, 0.25) is 5.91 Å². The molecule has 0 N–H and O–H groups in total. The Morgan fingerprint density at radius 1 is 1.26 bits per heavy atom. The lowest BCUT2D eigenvalue weighted by atomic mass is 10.1. The predicted octanol–water partition coefficient (Wildman–Crippen LogP) is 0.908. The summed E-state index contributed by atoms with van der Waals surface area (Å²) in [7, 11) is 0. The minimum absolute atomic E-state index is 0.0800. The largest absolute Gasteiger partial charge is 0.378 e. The van der Waals surface area contributed by atoms with Gasteiger partial charge in [0.1, 0.15) is 12.4 Å². The van der Waals surface area contributed by atoms with Gasteiger partial charge in [0.15, 0.2) is 0 Å². The normalized spacial score (nSPS) is 14.7. The molecule has 1 aromatic heterocycles. The number of hydrogen-bond donors (Lipinski definition) is 0. The highest BCUT2D eigenvalue weighted by Crippen LogP contribution is 2.18. The van der Waals surface area contributed by atoms with Crippen molar-refractivity contribution in [2.75, 3.05) is 26.3 Å². The molecule has 0 unspecified atom stereocenters. The van der Waals surface area contributed by atoms with Crippen LogP contribution < -0.4 is 5.56 Å². The van der Waals surface area contributed by atoms with E-state index in [1.54, 1.807) is 23.1 Å². The van der Waals surface area contributed by atoms with Crippen molar-refractivity contribution in [3.8, 4) is 11.3 Å².